The number of carbonyl (C=O) groups is 1. The first-order valence-electron chi connectivity index (χ1n) is 6.10. The molecule has 2 N–H and O–H groups in total. The van der Waals surface area contributed by atoms with Gasteiger partial charge in [0.05, 0.1) is 0 Å². The van der Waals surface area contributed by atoms with Crippen LogP contribution in [0.25, 0.3) is 0 Å². The summed E-state index contributed by atoms with van der Waals surface area (Å²) in [5.41, 5.74) is 0.914. The highest BCUT2D eigenvalue weighted by atomic mass is 35.5. The number of nitriles is 1. The van der Waals surface area contributed by atoms with Gasteiger partial charge in [0.1, 0.15) is 11.6 Å². The van der Waals surface area contributed by atoms with Crippen molar-refractivity contribution in [3.05, 3.63) is 46.6 Å². The molecule has 0 bridgehead atoms. The molecule has 0 aliphatic carbocycles. The van der Waals surface area contributed by atoms with Crippen LogP contribution in [0.1, 0.15) is 12.0 Å². The lowest BCUT2D eigenvalue weighted by atomic mass is 10.2. The van der Waals surface area contributed by atoms with Crippen molar-refractivity contribution in [1.82, 2.24) is 10.6 Å². The van der Waals surface area contributed by atoms with Crippen LogP contribution in [-0.4, -0.2) is 18.3 Å². The van der Waals surface area contributed by atoms with E-state index in [0.717, 1.165) is 5.56 Å². The molecule has 1 aromatic carbocycles. The lowest BCUT2D eigenvalue weighted by Gasteiger charge is -2.05. The van der Waals surface area contributed by atoms with E-state index in [1.807, 2.05) is 24.3 Å². The molecule has 0 radical (unpaired) electrons. The smallest absolute Gasteiger partial charge is 0.263 e. The molecule has 0 saturated heterocycles. The zero-order valence-corrected chi connectivity index (χ0v) is 12.3. The first-order chi connectivity index (χ1) is 9.69. The molecule has 0 atom stereocenters. The third-order valence-electron chi connectivity index (χ3n) is 2.46. The monoisotopic (exact) mass is 311 g/mol. The topological polar surface area (TPSA) is 64.9 Å². The zero-order valence-electron chi connectivity index (χ0n) is 10.8. The number of rotatable bonds is 7. The maximum atomic E-state index is 11.6. The Bertz CT molecular complexity index is 523. The molecule has 0 aliphatic rings. The second-order valence-corrected chi connectivity index (χ2v) is 4.73. The van der Waals surface area contributed by atoms with Gasteiger partial charge in [-0.1, -0.05) is 29.8 Å². The molecule has 1 amide bonds. The van der Waals surface area contributed by atoms with Crippen LogP contribution in [0, 0.1) is 11.3 Å². The van der Waals surface area contributed by atoms with Crippen molar-refractivity contribution < 1.29 is 4.79 Å². The van der Waals surface area contributed by atoms with Crippen LogP contribution in [0.3, 0.4) is 0 Å². The standard InChI is InChI=1S/C14H15Cl2N3O/c15-6-3-7-19-14(20)12(8-17)10-18-9-11-4-1-2-5-13(11)16/h1-2,4-5,10,18H,3,6-7,9H2,(H,19,20)/b12-10-. The summed E-state index contributed by atoms with van der Waals surface area (Å²) in [5.74, 6) is 0.0562. The largest absolute Gasteiger partial charge is 0.386 e. The molecule has 1 aromatic rings. The minimum Gasteiger partial charge on any atom is -0.386 e. The van der Waals surface area contributed by atoms with Crippen molar-refractivity contribution in [3.63, 3.8) is 0 Å². The molecule has 4 nitrogen and oxygen atoms in total. The normalized spacial score (nSPS) is 10.8. The highest BCUT2D eigenvalue weighted by Crippen LogP contribution is 2.14. The Kier molecular flexibility index (Phi) is 7.56. The number of nitrogens with one attached hydrogen (secondary N) is 2. The molecular weight excluding hydrogens is 297 g/mol. The zero-order chi connectivity index (χ0) is 14.8. The fourth-order valence-electron chi connectivity index (χ4n) is 1.42. The predicted octanol–water partition coefficient (Wildman–Crippen LogP) is 2.58. The maximum Gasteiger partial charge on any atom is 0.263 e. The van der Waals surface area contributed by atoms with Crippen molar-refractivity contribution in [3.8, 4) is 6.07 Å². The SMILES string of the molecule is N#C/C(=C/NCc1ccccc1Cl)C(=O)NCCCCl. The Morgan fingerprint density at radius 3 is 2.80 bits per heavy atom. The number of amides is 1. The molecule has 0 aromatic heterocycles. The summed E-state index contributed by atoms with van der Waals surface area (Å²) in [6.07, 6.45) is 2.05. The van der Waals surface area contributed by atoms with Crippen LogP contribution in [0.2, 0.25) is 5.02 Å². The van der Waals surface area contributed by atoms with E-state index in [4.69, 9.17) is 28.5 Å². The quantitative estimate of drug-likeness (QED) is 0.352. The van der Waals surface area contributed by atoms with Crippen LogP contribution < -0.4 is 10.6 Å². The molecule has 20 heavy (non-hydrogen) atoms. The average Bonchev–Trinajstić information content (AvgIpc) is 2.45. The average molecular weight is 312 g/mol. The summed E-state index contributed by atoms with van der Waals surface area (Å²) in [4.78, 5) is 11.6. The van der Waals surface area contributed by atoms with E-state index in [1.165, 1.54) is 6.20 Å². The van der Waals surface area contributed by atoms with E-state index in [9.17, 15) is 4.79 Å². The van der Waals surface area contributed by atoms with Gasteiger partial charge in [-0.3, -0.25) is 4.79 Å². The Balaban J connectivity index is 2.52. The van der Waals surface area contributed by atoms with Crippen LogP contribution in [0.15, 0.2) is 36.0 Å². The van der Waals surface area contributed by atoms with Crippen LogP contribution >= 0.6 is 23.2 Å². The molecule has 0 heterocycles. The number of nitrogens with zero attached hydrogens (tertiary/aromatic N) is 1. The van der Waals surface area contributed by atoms with E-state index in [2.05, 4.69) is 10.6 Å². The Morgan fingerprint density at radius 1 is 1.40 bits per heavy atom. The maximum absolute atomic E-state index is 11.6. The van der Waals surface area contributed by atoms with Crippen LogP contribution in [0.4, 0.5) is 0 Å². The van der Waals surface area contributed by atoms with Gasteiger partial charge in [0.15, 0.2) is 0 Å². The fraction of sp³-hybridized carbons (Fsp3) is 0.286. The summed E-state index contributed by atoms with van der Waals surface area (Å²) in [5, 5.41) is 15.1. The Morgan fingerprint density at radius 2 is 2.15 bits per heavy atom. The first kappa shape index (κ1) is 16.4. The fourth-order valence-corrected chi connectivity index (χ4v) is 1.75. The van der Waals surface area contributed by atoms with E-state index in [0.29, 0.717) is 30.4 Å². The minimum absolute atomic E-state index is 0.0200. The summed E-state index contributed by atoms with van der Waals surface area (Å²) >= 11 is 11.5. The summed E-state index contributed by atoms with van der Waals surface area (Å²) in [7, 11) is 0. The third-order valence-corrected chi connectivity index (χ3v) is 3.09. The lowest BCUT2D eigenvalue weighted by Crippen LogP contribution is -2.26. The molecule has 0 aliphatic heterocycles. The lowest BCUT2D eigenvalue weighted by molar-refractivity contribution is -0.117. The summed E-state index contributed by atoms with van der Waals surface area (Å²) in [6, 6.07) is 9.22. The van der Waals surface area contributed by atoms with Crippen molar-refractivity contribution >= 4 is 29.1 Å². The van der Waals surface area contributed by atoms with Crippen molar-refractivity contribution in [2.45, 2.75) is 13.0 Å². The molecule has 0 spiro atoms. The Hall–Kier alpha value is -1.70. The third kappa shape index (κ3) is 5.52. The first-order valence-corrected chi connectivity index (χ1v) is 7.01. The van der Waals surface area contributed by atoms with Gasteiger partial charge >= 0.3 is 0 Å². The second-order valence-electron chi connectivity index (χ2n) is 3.94. The molecule has 1 rings (SSSR count). The summed E-state index contributed by atoms with van der Waals surface area (Å²) < 4.78 is 0. The van der Waals surface area contributed by atoms with Crippen molar-refractivity contribution in [1.29, 1.82) is 5.26 Å². The van der Waals surface area contributed by atoms with Crippen LogP contribution in [-0.2, 0) is 11.3 Å². The van der Waals surface area contributed by atoms with Gasteiger partial charge in [0.25, 0.3) is 5.91 Å². The van der Waals surface area contributed by atoms with Gasteiger partial charge in [0, 0.05) is 30.2 Å². The molecule has 0 unspecified atom stereocenters. The number of carbonyl (C=O) groups excluding carboxylic acids is 1. The molecule has 0 saturated carbocycles. The van der Waals surface area contributed by atoms with Gasteiger partial charge in [-0.05, 0) is 18.1 Å². The van der Waals surface area contributed by atoms with E-state index in [-0.39, 0.29) is 5.57 Å². The molecule has 6 heteroatoms. The number of halogens is 2. The second kappa shape index (κ2) is 9.24. The Labute approximate surface area is 128 Å². The van der Waals surface area contributed by atoms with Gasteiger partial charge in [-0.15, -0.1) is 11.6 Å². The van der Waals surface area contributed by atoms with E-state index in [1.54, 1.807) is 6.07 Å². The molecule has 0 fully saturated rings. The van der Waals surface area contributed by atoms with Crippen molar-refractivity contribution in [2.75, 3.05) is 12.4 Å². The van der Waals surface area contributed by atoms with Crippen LogP contribution in [0.5, 0.6) is 0 Å². The summed E-state index contributed by atoms with van der Waals surface area (Å²) in [6.45, 7) is 0.895. The number of hydrogen-bond donors (Lipinski definition) is 2. The highest BCUT2D eigenvalue weighted by molar-refractivity contribution is 6.31. The van der Waals surface area contributed by atoms with Crippen molar-refractivity contribution in [2.24, 2.45) is 0 Å². The number of alkyl halides is 1. The van der Waals surface area contributed by atoms with E-state index >= 15 is 0 Å². The predicted molar refractivity (Wildman–Crippen MR) is 80.3 cm³/mol. The van der Waals surface area contributed by atoms with Gasteiger partial charge < -0.3 is 10.6 Å². The number of hydrogen-bond acceptors (Lipinski definition) is 3. The van der Waals surface area contributed by atoms with Gasteiger partial charge in [-0.2, -0.15) is 5.26 Å². The van der Waals surface area contributed by atoms with E-state index < -0.39 is 5.91 Å². The minimum atomic E-state index is -0.413. The number of benzene rings is 1. The molecule has 106 valence electrons. The molecular formula is C14H15Cl2N3O. The van der Waals surface area contributed by atoms with Gasteiger partial charge in [-0.25, -0.2) is 0 Å². The highest BCUT2D eigenvalue weighted by Gasteiger charge is 2.07. The van der Waals surface area contributed by atoms with Gasteiger partial charge in [0.2, 0.25) is 0 Å².